The van der Waals surface area contributed by atoms with Crippen LogP contribution in [-0.2, 0) is 6.42 Å². The lowest BCUT2D eigenvalue weighted by atomic mass is 10.1. The molecule has 0 unspecified atom stereocenters. The molecule has 0 aromatic heterocycles. The molecule has 0 bridgehead atoms. The number of aliphatic hydroxyl groups is 1. The van der Waals surface area contributed by atoms with Gasteiger partial charge in [-0.15, -0.1) is 24.8 Å². The van der Waals surface area contributed by atoms with Crippen molar-refractivity contribution in [2.75, 3.05) is 12.3 Å². The molecule has 0 fully saturated rings. The van der Waals surface area contributed by atoms with Gasteiger partial charge in [0.05, 0.1) is 6.61 Å². The third-order valence-electron chi connectivity index (χ3n) is 1.71. The van der Waals surface area contributed by atoms with Crippen molar-refractivity contribution in [2.45, 2.75) is 12.5 Å². The molecule has 0 aliphatic rings. The summed E-state index contributed by atoms with van der Waals surface area (Å²) in [6, 6.07) is 7.34. The van der Waals surface area contributed by atoms with E-state index in [-0.39, 0.29) is 37.5 Å². The van der Waals surface area contributed by atoms with Crippen LogP contribution in [0.15, 0.2) is 24.3 Å². The van der Waals surface area contributed by atoms with Gasteiger partial charge < -0.3 is 16.6 Å². The van der Waals surface area contributed by atoms with E-state index in [1.54, 1.807) is 0 Å². The predicted octanol–water partition coefficient (Wildman–Crippen LogP) is 0.975. The Hall–Kier alpha value is -0.480. The molecule has 0 saturated carbocycles. The summed E-state index contributed by atoms with van der Waals surface area (Å²) in [5, 5.41) is 8.70. The van der Waals surface area contributed by atoms with Gasteiger partial charge in [0.15, 0.2) is 0 Å². The van der Waals surface area contributed by atoms with E-state index in [4.69, 9.17) is 16.6 Å². The number of nitrogens with two attached hydrogens (primary N) is 2. The topological polar surface area (TPSA) is 72.3 Å². The molecule has 82 valence electrons. The first-order valence-electron chi connectivity index (χ1n) is 3.93. The van der Waals surface area contributed by atoms with Crippen LogP contribution in [-0.4, -0.2) is 17.8 Å². The highest BCUT2D eigenvalue weighted by molar-refractivity contribution is 5.85. The first-order chi connectivity index (χ1) is 5.72. The van der Waals surface area contributed by atoms with Gasteiger partial charge in [-0.2, -0.15) is 0 Å². The molecule has 1 rings (SSSR count). The van der Waals surface area contributed by atoms with Gasteiger partial charge in [-0.1, -0.05) is 12.1 Å². The van der Waals surface area contributed by atoms with E-state index < -0.39 is 0 Å². The van der Waals surface area contributed by atoms with E-state index in [9.17, 15) is 0 Å². The minimum absolute atomic E-state index is 0. The molecule has 0 amide bonds. The molecule has 0 aliphatic carbocycles. The van der Waals surface area contributed by atoms with Crippen LogP contribution in [0.25, 0.3) is 0 Å². The van der Waals surface area contributed by atoms with Gasteiger partial charge in [0.2, 0.25) is 0 Å². The molecule has 0 heterocycles. The summed E-state index contributed by atoms with van der Waals surface area (Å²) in [6.45, 7) is 0.0182. The number of anilines is 1. The van der Waals surface area contributed by atoms with Gasteiger partial charge in [-0.25, -0.2) is 0 Å². The van der Waals surface area contributed by atoms with E-state index >= 15 is 0 Å². The molecule has 0 aliphatic heterocycles. The summed E-state index contributed by atoms with van der Waals surface area (Å²) in [6.07, 6.45) is 0.691. The minimum atomic E-state index is -0.173. The lowest BCUT2D eigenvalue weighted by molar-refractivity contribution is 0.265. The summed E-state index contributed by atoms with van der Waals surface area (Å²) in [4.78, 5) is 0. The van der Waals surface area contributed by atoms with Crippen molar-refractivity contribution in [2.24, 2.45) is 5.73 Å². The standard InChI is InChI=1S/C9H14N2O.2ClH/c10-8-3-1-7(2-4-8)5-9(11)6-12;;/h1-4,9,12H,5-6,10-11H2;2*1H/t9-;;/m0../s1. The highest BCUT2D eigenvalue weighted by Crippen LogP contribution is 2.06. The number of aliphatic hydroxyl groups excluding tert-OH is 1. The number of hydrogen-bond donors (Lipinski definition) is 3. The summed E-state index contributed by atoms with van der Waals surface area (Å²) >= 11 is 0. The van der Waals surface area contributed by atoms with Crippen molar-refractivity contribution < 1.29 is 5.11 Å². The molecule has 1 atom stereocenters. The molecule has 0 saturated heterocycles. The van der Waals surface area contributed by atoms with E-state index in [0.29, 0.717) is 6.42 Å². The van der Waals surface area contributed by atoms with Crippen LogP contribution in [0.1, 0.15) is 5.56 Å². The molecule has 0 radical (unpaired) electrons. The molecule has 5 N–H and O–H groups in total. The first-order valence-corrected chi connectivity index (χ1v) is 3.93. The highest BCUT2D eigenvalue weighted by atomic mass is 35.5. The summed E-state index contributed by atoms with van der Waals surface area (Å²) in [5.74, 6) is 0. The van der Waals surface area contributed by atoms with Crippen LogP contribution in [0.2, 0.25) is 0 Å². The van der Waals surface area contributed by atoms with E-state index in [1.165, 1.54) is 0 Å². The fourth-order valence-corrected chi connectivity index (χ4v) is 1.02. The summed E-state index contributed by atoms with van der Waals surface area (Å²) in [7, 11) is 0. The second kappa shape index (κ2) is 7.88. The monoisotopic (exact) mass is 238 g/mol. The number of halogens is 2. The summed E-state index contributed by atoms with van der Waals surface area (Å²) in [5.41, 5.74) is 12.9. The van der Waals surface area contributed by atoms with Gasteiger partial charge in [0, 0.05) is 11.7 Å². The van der Waals surface area contributed by atoms with E-state index in [1.807, 2.05) is 24.3 Å². The van der Waals surface area contributed by atoms with Crippen molar-refractivity contribution in [3.8, 4) is 0 Å². The van der Waals surface area contributed by atoms with Gasteiger partial charge >= 0.3 is 0 Å². The van der Waals surface area contributed by atoms with E-state index in [2.05, 4.69) is 0 Å². The Morgan fingerprint density at radius 1 is 1.14 bits per heavy atom. The average Bonchev–Trinajstić information content (AvgIpc) is 2.09. The molecule has 3 nitrogen and oxygen atoms in total. The second-order valence-corrected chi connectivity index (χ2v) is 2.89. The Morgan fingerprint density at radius 2 is 1.64 bits per heavy atom. The lowest BCUT2D eigenvalue weighted by Crippen LogP contribution is -2.26. The Labute approximate surface area is 96.3 Å². The molecular formula is C9H16Cl2N2O. The Balaban J connectivity index is 0. The molecule has 14 heavy (non-hydrogen) atoms. The minimum Gasteiger partial charge on any atom is -0.399 e. The Kier molecular flexibility index (Phi) is 8.99. The summed E-state index contributed by atoms with van der Waals surface area (Å²) < 4.78 is 0. The van der Waals surface area contributed by atoms with Crippen LogP contribution in [0.5, 0.6) is 0 Å². The van der Waals surface area contributed by atoms with Crippen LogP contribution in [0.4, 0.5) is 5.69 Å². The van der Waals surface area contributed by atoms with Gasteiger partial charge in [0.25, 0.3) is 0 Å². The largest absolute Gasteiger partial charge is 0.399 e. The third-order valence-corrected chi connectivity index (χ3v) is 1.71. The van der Waals surface area contributed by atoms with E-state index in [0.717, 1.165) is 11.3 Å². The van der Waals surface area contributed by atoms with Crippen LogP contribution in [0.3, 0.4) is 0 Å². The maximum atomic E-state index is 8.70. The van der Waals surface area contributed by atoms with Gasteiger partial charge in [-0.05, 0) is 24.1 Å². The first kappa shape index (κ1) is 16.0. The maximum absolute atomic E-state index is 8.70. The van der Waals surface area contributed by atoms with Crippen LogP contribution in [0, 0.1) is 0 Å². The third kappa shape index (κ3) is 5.29. The molecule has 5 heteroatoms. The molecule has 1 aromatic rings. The molecule has 0 spiro atoms. The molecule has 1 aromatic carbocycles. The Morgan fingerprint density at radius 3 is 2.07 bits per heavy atom. The lowest BCUT2D eigenvalue weighted by Gasteiger charge is -2.07. The van der Waals surface area contributed by atoms with Crippen LogP contribution < -0.4 is 11.5 Å². The fourth-order valence-electron chi connectivity index (χ4n) is 1.02. The van der Waals surface area contributed by atoms with Crippen molar-refractivity contribution in [3.63, 3.8) is 0 Å². The fraction of sp³-hybridized carbons (Fsp3) is 0.333. The van der Waals surface area contributed by atoms with Crippen molar-refractivity contribution >= 4 is 30.5 Å². The van der Waals surface area contributed by atoms with Gasteiger partial charge in [0.1, 0.15) is 0 Å². The number of hydrogen-bond acceptors (Lipinski definition) is 3. The molecular weight excluding hydrogens is 223 g/mol. The number of benzene rings is 1. The SMILES string of the molecule is Cl.Cl.Nc1ccc(C[C@H](N)CO)cc1. The maximum Gasteiger partial charge on any atom is 0.0585 e. The zero-order chi connectivity index (χ0) is 8.97. The zero-order valence-electron chi connectivity index (χ0n) is 7.72. The van der Waals surface area contributed by atoms with Gasteiger partial charge in [-0.3, -0.25) is 0 Å². The number of rotatable bonds is 3. The van der Waals surface area contributed by atoms with Crippen molar-refractivity contribution in [1.82, 2.24) is 0 Å². The number of nitrogen functional groups attached to an aromatic ring is 1. The average molecular weight is 239 g/mol. The quantitative estimate of drug-likeness (QED) is 0.688. The smallest absolute Gasteiger partial charge is 0.0585 e. The second-order valence-electron chi connectivity index (χ2n) is 2.89. The van der Waals surface area contributed by atoms with Crippen molar-refractivity contribution in [1.29, 1.82) is 0 Å². The van der Waals surface area contributed by atoms with Crippen molar-refractivity contribution in [3.05, 3.63) is 29.8 Å². The normalized spacial score (nSPS) is 11.0. The van der Waals surface area contributed by atoms with Crippen LogP contribution >= 0.6 is 24.8 Å². The highest BCUT2D eigenvalue weighted by Gasteiger charge is 2.00. The Bertz CT molecular complexity index is 241. The zero-order valence-corrected chi connectivity index (χ0v) is 9.35. The predicted molar refractivity (Wildman–Crippen MR) is 64.1 cm³/mol.